The first-order chi connectivity index (χ1) is 24.7. The number of hydrogen-bond donors (Lipinski definition) is 12. The van der Waals surface area contributed by atoms with Crippen LogP contribution in [0.2, 0.25) is 0 Å². The van der Waals surface area contributed by atoms with Gasteiger partial charge in [-0.15, -0.1) is 0 Å². The molecule has 0 aliphatic rings. The number of hydrogen-bond acceptors (Lipinski definition) is 10. The van der Waals surface area contributed by atoms with Gasteiger partial charge in [-0.3, -0.25) is 34.0 Å². The number of carboxylic acids is 1. The molecule has 0 radical (unpaired) electrons. The third kappa shape index (κ3) is 18.5. The van der Waals surface area contributed by atoms with Crippen molar-refractivity contribution in [2.24, 2.45) is 44.4 Å². The molecule has 0 fully saturated rings. The summed E-state index contributed by atoms with van der Waals surface area (Å²) in [6.45, 7) is 1.71. The molecule has 1 aromatic rings. The molecular formula is C32H55N13O7. The molecule has 0 bridgehead atoms. The van der Waals surface area contributed by atoms with E-state index in [2.05, 4.69) is 36.6 Å². The van der Waals surface area contributed by atoms with Crippen LogP contribution in [-0.2, 0) is 35.2 Å². The molecule has 0 unspecified atom stereocenters. The second-order valence-electron chi connectivity index (χ2n) is 11.9. The van der Waals surface area contributed by atoms with Crippen LogP contribution in [0.5, 0.6) is 0 Å². The summed E-state index contributed by atoms with van der Waals surface area (Å²) < 4.78 is 0. The smallest absolute Gasteiger partial charge is 0.326 e. The van der Waals surface area contributed by atoms with E-state index in [4.69, 9.17) is 34.4 Å². The van der Waals surface area contributed by atoms with Crippen molar-refractivity contribution in [1.82, 2.24) is 26.6 Å². The van der Waals surface area contributed by atoms with Gasteiger partial charge in [-0.1, -0.05) is 30.3 Å². The predicted molar refractivity (Wildman–Crippen MR) is 195 cm³/mol. The third-order valence-corrected chi connectivity index (χ3v) is 7.59. The summed E-state index contributed by atoms with van der Waals surface area (Å²) >= 11 is 0. The predicted octanol–water partition coefficient (Wildman–Crippen LogP) is -4.05. The van der Waals surface area contributed by atoms with Crippen LogP contribution in [0, 0.1) is 0 Å². The molecule has 52 heavy (non-hydrogen) atoms. The average Bonchev–Trinajstić information content (AvgIpc) is 3.09. The number of aliphatic imine (C=N–C) groups is 2. The Morgan fingerprint density at radius 3 is 1.65 bits per heavy atom. The van der Waals surface area contributed by atoms with Crippen LogP contribution in [0.4, 0.5) is 0 Å². The summed E-state index contributed by atoms with van der Waals surface area (Å²) in [5, 5.41) is 22.6. The topological polar surface area (TPSA) is 364 Å². The molecule has 20 heteroatoms. The monoisotopic (exact) mass is 733 g/mol. The van der Waals surface area contributed by atoms with E-state index in [0.717, 1.165) is 0 Å². The fourth-order valence-corrected chi connectivity index (χ4v) is 4.83. The summed E-state index contributed by atoms with van der Waals surface area (Å²) in [7, 11) is 0. The third-order valence-electron chi connectivity index (χ3n) is 7.59. The van der Waals surface area contributed by atoms with E-state index in [-0.39, 0.29) is 70.1 Å². The molecule has 290 valence electrons. The average molecular weight is 734 g/mol. The molecule has 18 N–H and O–H groups in total. The zero-order chi connectivity index (χ0) is 39.1. The first kappa shape index (κ1) is 44.5. The first-order valence-corrected chi connectivity index (χ1v) is 17.0. The van der Waals surface area contributed by atoms with E-state index in [0.29, 0.717) is 24.9 Å². The standard InChI is InChI=1S/C32H55N13O7/c1-19(41-27(48)21(11-5-6-14-33)42-25(46)18-34)26(47)45-24(17-20-9-3-2-4-10-20)29(50)43-22(12-7-15-39-31(35)36)28(49)44-23(30(51)52)13-8-16-40-32(37)38/h2-4,9-10,19,21-24H,5-8,11-18,33-34H2,1H3,(H,41,48)(H,42,46)(H,43,50)(H,44,49)(H,45,47)(H,51,52)(H4,35,36,39)(H4,37,38,40)/t19-,21-,22-,23-,24-/m0/s1. The van der Waals surface area contributed by atoms with Gasteiger partial charge in [0.1, 0.15) is 30.2 Å². The van der Waals surface area contributed by atoms with Crippen molar-refractivity contribution in [2.75, 3.05) is 26.2 Å². The van der Waals surface area contributed by atoms with Crippen molar-refractivity contribution in [2.45, 2.75) is 88.5 Å². The van der Waals surface area contributed by atoms with Crippen molar-refractivity contribution >= 4 is 47.4 Å². The van der Waals surface area contributed by atoms with Gasteiger partial charge in [0.25, 0.3) is 0 Å². The highest BCUT2D eigenvalue weighted by Crippen LogP contribution is 2.08. The minimum Gasteiger partial charge on any atom is -0.480 e. The number of nitrogens with zero attached hydrogens (tertiary/aromatic N) is 2. The van der Waals surface area contributed by atoms with Crippen molar-refractivity contribution in [3.63, 3.8) is 0 Å². The Hall–Kier alpha value is -5.50. The number of carbonyl (C=O) groups excluding carboxylic acids is 5. The number of rotatable bonds is 25. The lowest BCUT2D eigenvalue weighted by Crippen LogP contribution is -2.59. The molecule has 5 atom stereocenters. The number of guanidine groups is 2. The molecule has 0 saturated carbocycles. The van der Waals surface area contributed by atoms with Crippen molar-refractivity contribution in [3.05, 3.63) is 35.9 Å². The minimum absolute atomic E-state index is 0.00175. The number of unbranched alkanes of at least 4 members (excludes halogenated alkanes) is 1. The zero-order valence-corrected chi connectivity index (χ0v) is 29.5. The summed E-state index contributed by atoms with van der Waals surface area (Å²) in [6.07, 6.45) is 1.87. The van der Waals surface area contributed by atoms with Gasteiger partial charge in [0.15, 0.2) is 11.9 Å². The summed E-state index contributed by atoms with van der Waals surface area (Å²) in [5.74, 6) is -5.10. The van der Waals surface area contributed by atoms with Gasteiger partial charge >= 0.3 is 5.97 Å². The van der Waals surface area contributed by atoms with E-state index >= 15 is 0 Å². The molecule has 0 spiro atoms. The Morgan fingerprint density at radius 1 is 0.635 bits per heavy atom. The van der Waals surface area contributed by atoms with Crippen molar-refractivity contribution in [1.29, 1.82) is 0 Å². The van der Waals surface area contributed by atoms with Crippen LogP contribution in [0.3, 0.4) is 0 Å². The van der Waals surface area contributed by atoms with Gasteiger partial charge in [-0.05, 0) is 64.0 Å². The normalized spacial score (nSPS) is 13.5. The van der Waals surface area contributed by atoms with Crippen LogP contribution in [0.15, 0.2) is 40.3 Å². The van der Waals surface area contributed by atoms with Crippen molar-refractivity contribution in [3.8, 4) is 0 Å². The van der Waals surface area contributed by atoms with Gasteiger partial charge in [-0.25, -0.2) is 4.79 Å². The van der Waals surface area contributed by atoms with E-state index < -0.39 is 65.7 Å². The molecule has 1 rings (SSSR count). The van der Waals surface area contributed by atoms with E-state index in [9.17, 15) is 33.9 Å². The highest BCUT2D eigenvalue weighted by atomic mass is 16.4. The SMILES string of the molecule is C[C@H](NC(=O)[C@H](CCCCN)NC(=O)CN)C(=O)N[C@@H](Cc1ccccc1)C(=O)N[C@@H](CCCN=C(N)N)C(=O)N[C@@H](CCCN=C(N)N)C(=O)O. The zero-order valence-electron chi connectivity index (χ0n) is 29.5. The number of carboxylic acid groups (broad SMARTS) is 1. The molecule has 5 amide bonds. The molecule has 1 aromatic carbocycles. The second-order valence-corrected chi connectivity index (χ2v) is 11.9. The van der Waals surface area contributed by atoms with Gasteiger partial charge in [0.05, 0.1) is 6.54 Å². The fraction of sp³-hybridized carbons (Fsp3) is 0.562. The van der Waals surface area contributed by atoms with E-state index in [1.165, 1.54) is 6.92 Å². The lowest BCUT2D eigenvalue weighted by Gasteiger charge is -2.26. The maximum absolute atomic E-state index is 13.8. The summed E-state index contributed by atoms with van der Waals surface area (Å²) in [4.78, 5) is 85.3. The second kappa shape index (κ2) is 24.6. The van der Waals surface area contributed by atoms with Gasteiger partial charge < -0.3 is 66.1 Å². The number of carbonyl (C=O) groups is 6. The van der Waals surface area contributed by atoms with Crippen LogP contribution in [0.1, 0.15) is 57.4 Å². The van der Waals surface area contributed by atoms with Crippen LogP contribution < -0.4 is 61.0 Å². The first-order valence-electron chi connectivity index (χ1n) is 17.0. The van der Waals surface area contributed by atoms with Gasteiger partial charge in [0, 0.05) is 19.5 Å². The van der Waals surface area contributed by atoms with Crippen molar-refractivity contribution < 1.29 is 33.9 Å². The molecule has 0 aliphatic heterocycles. The Morgan fingerprint density at radius 2 is 1.12 bits per heavy atom. The number of aliphatic carboxylic acids is 1. The highest BCUT2D eigenvalue weighted by molar-refractivity contribution is 5.96. The maximum Gasteiger partial charge on any atom is 0.326 e. The Bertz CT molecular complexity index is 1370. The van der Waals surface area contributed by atoms with Crippen LogP contribution >= 0.6 is 0 Å². The summed E-state index contributed by atoms with van der Waals surface area (Å²) in [6, 6.07) is 2.80. The summed E-state index contributed by atoms with van der Waals surface area (Å²) in [5.41, 5.74) is 33.1. The molecule has 0 heterocycles. The molecule has 0 aromatic heterocycles. The number of benzene rings is 1. The maximum atomic E-state index is 13.8. The largest absolute Gasteiger partial charge is 0.480 e. The Kier molecular flexibility index (Phi) is 21.1. The molecule has 20 nitrogen and oxygen atoms in total. The van der Waals surface area contributed by atoms with Gasteiger partial charge in [-0.2, -0.15) is 0 Å². The molecular weight excluding hydrogens is 678 g/mol. The number of amides is 5. The lowest BCUT2D eigenvalue weighted by molar-refractivity contribution is -0.142. The molecule has 0 saturated heterocycles. The number of nitrogens with one attached hydrogen (secondary N) is 5. The van der Waals surface area contributed by atoms with Crippen LogP contribution in [0.25, 0.3) is 0 Å². The Balaban J connectivity index is 3.22. The highest BCUT2D eigenvalue weighted by Gasteiger charge is 2.31. The van der Waals surface area contributed by atoms with Gasteiger partial charge in [0.2, 0.25) is 29.5 Å². The van der Waals surface area contributed by atoms with E-state index in [1.807, 2.05) is 0 Å². The number of nitrogens with two attached hydrogens (primary N) is 6. The van der Waals surface area contributed by atoms with Crippen LogP contribution in [-0.4, -0.2) is 109 Å². The lowest BCUT2D eigenvalue weighted by atomic mass is 10.0. The van der Waals surface area contributed by atoms with E-state index in [1.54, 1.807) is 30.3 Å². The molecule has 0 aliphatic carbocycles. The Labute approximate surface area is 302 Å². The quantitative estimate of drug-likeness (QED) is 0.0259. The fourth-order valence-electron chi connectivity index (χ4n) is 4.83. The minimum atomic E-state index is -1.32.